The van der Waals surface area contributed by atoms with Crippen LogP contribution in [0.4, 0.5) is 5.82 Å². The first-order chi connectivity index (χ1) is 7.34. The van der Waals surface area contributed by atoms with Crippen LogP contribution in [0.5, 0.6) is 0 Å². The first-order valence-corrected chi connectivity index (χ1v) is 7.39. The van der Waals surface area contributed by atoms with Crippen LogP contribution in [0.1, 0.15) is 35.2 Å². The Morgan fingerprint density at radius 2 is 2.20 bits per heavy atom. The number of hydrogen-bond acceptors (Lipinski definition) is 5. The van der Waals surface area contributed by atoms with Gasteiger partial charge >= 0.3 is 0 Å². The van der Waals surface area contributed by atoms with Crippen molar-refractivity contribution in [3.63, 3.8) is 0 Å². The lowest BCUT2D eigenvalue weighted by atomic mass is 10.2. The van der Waals surface area contributed by atoms with E-state index < -0.39 is 0 Å². The molecule has 80 valence electrons. The van der Waals surface area contributed by atoms with E-state index in [2.05, 4.69) is 9.97 Å². The molecular weight excluding hydrogens is 226 g/mol. The van der Waals surface area contributed by atoms with Gasteiger partial charge in [0.05, 0.1) is 10.9 Å². The van der Waals surface area contributed by atoms with Gasteiger partial charge in [-0.3, -0.25) is 0 Å². The van der Waals surface area contributed by atoms with Crippen LogP contribution in [0.25, 0.3) is 0 Å². The van der Waals surface area contributed by atoms with Crippen LogP contribution < -0.4 is 5.73 Å². The molecule has 1 aromatic rings. The molecule has 0 spiro atoms. The SMILES string of the molecule is Nc1nc(C2CCCS2)nc2c1CSC2. The Morgan fingerprint density at radius 1 is 1.27 bits per heavy atom. The van der Waals surface area contributed by atoms with Crippen molar-refractivity contribution in [1.29, 1.82) is 0 Å². The molecule has 3 rings (SSSR count). The van der Waals surface area contributed by atoms with Crippen molar-refractivity contribution in [2.24, 2.45) is 0 Å². The number of fused-ring (bicyclic) bond motifs is 1. The topological polar surface area (TPSA) is 51.8 Å². The summed E-state index contributed by atoms with van der Waals surface area (Å²) in [6.45, 7) is 0. The van der Waals surface area contributed by atoms with E-state index in [1.165, 1.54) is 29.9 Å². The highest BCUT2D eigenvalue weighted by atomic mass is 32.2. The van der Waals surface area contributed by atoms with Crippen LogP contribution in [0.2, 0.25) is 0 Å². The minimum Gasteiger partial charge on any atom is -0.383 e. The lowest BCUT2D eigenvalue weighted by Crippen LogP contribution is -2.06. The van der Waals surface area contributed by atoms with Gasteiger partial charge in [-0.1, -0.05) is 0 Å². The molecule has 0 radical (unpaired) electrons. The average Bonchev–Trinajstić information content (AvgIpc) is 2.88. The van der Waals surface area contributed by atoms with Crippen LogP contribution in [0.15, 0.2) is 0 Å². The van der Waals surface area contributed by atoms with Crippen LogP contribution in [0.3, 0.4) is 0 Å². The summed E-state index contributed by atoms with van der Waals surface area (Å²) in [6.07, 6.45) is 2.49. The number of thioether (sulfide) groups is 2. The van der Waals surface area contributed by atoms with Crippen molar-refractivity contribution in [1.82, 2.24) is 9.97 Å². The van der Waals surface area contributed by atoms with Crippen LogP contribution in [-0.4, -0.2) is 15.7 Å². The second kappa shape index (κ2) is 3.87. The van der Waals surface area contributed by atoms with Crippen LogP contribution in [0, 0.1) is 0 Å². The number of anilines is 1. The fraction of sp³-hybridized carbons (Fsp3) is 0.600. The fourth-order valence-corrected chi connectivity index (χ4v) is 4.28. The molecule has 0 saturated carbocycles. The average molecular weight is 239 g/mol. The molecule has 3 nitrogen and oxygen atoms in total. The Bertz CT molecular complexity index is 388. The molecule has 0 amide bonds. The summed E-state index contributed by atoms with van der Waals surface area (Å²) < 4.78 is 0. The maximum Gasteiger partial charge on any atom is 0.143 e. The Hall–Kier alpha value is -0.420. The number of hydrogen-bond donors (Lipinski definition) is 1. The predicted molar refractivity (Wildman–Crippen MR) is 65.9 cm³/mol. The van der Waals surface area contributed by atoms with E-state index in [4.69, 9.17) is 5.73 Å². The van der Waals surface area contributed by atoms with E-state index >= 15 is 0 Å². The summed E-state index contributed by atoms with van der Waals surface area (Å²) in [6, 6.07) is 0. The molecule has 2 N–H and O–H groups in total. The van der Waals surface area contributed by atoms with Gasteiger partial charge in [0.1, 0.15) is 11.6 Å². The van der Waals surface area contributed by atoms with Gasteiger partial charge in [-0.25, -0.2) is 9.97 Å². The Balaban J connectivity index is 1.99. The zero-order valence-electron chi connectivity index (χ0n) is 8.40. The lowest BCUT2D eigenvalue weighted by Gasteiger charge is -2.10. The molecule has 0 aliphatic carbocycles. The minimum absolute atomic E-state index is 0.489. The van der Waals surface area contributed by atoms with Gasteiger partial charge < -0.3 is 5.73 Å². The third-order valence-corrected chi connectivity index (χ3v) is 5.19. The van der Waals surface area contributed by atoms with Gasteiger partial charge in [-0.2, -0.15) is 23.5 Å². The van der Waals surface area contributed by atoms with E-state index in [0.717, 1.165) is 17.3 Å². The molecule has 2 aliphatic heterocycles. The molecule has 0 aromatic carbocycles. The molecule has 1 unspecified atom stereocenters. The smallest absolute Gasteiger partial charge is 0.143 e. The fourth-order valence-electron chi connectivity index (χ4n) is 2.02. The summed E-state index contributed by atoms with van der Waals surface area (Å²) in [5.41, 5.74) is 8.32. The Labute approximate surface area is 97.6 Å². The third-order valence-electron chi connectivity index (χ3n) is 2.84. The van der Waals surface area contributed by atoms with Crippen LogP contribution in [-0.2, 0) is 11.5 Å². The van der Waals surface area contributed by atoms with Crippen molar-refractivity contribution in [3.8, 4) is 0 Å². The van der Waals surface area contributed by atoms with Gasteiger partial charge in [0.25, 0.3) is 0 Å². The van der Waals surface area contributed by atoms with Gasteiger partial charge in [0.15, 0.2) is 0 Å². The van der Waals surface area contributed by atoms with Crippen molar-refractivity contribution >= 4 is 29.3 Å². The molecule has 3 heterocycles. The number of nitrogen functional groups attached to an aromatic ring is 1. The highest BCUT2D eigenvalue weighted by molar-refractivity contribution is 7.99. The predicted octanol–water partition coefficient (Wildman–Crippen LogP) is 2.37. The zero-order valence-corrected chi connectivity index (χ0v) is 10.0. The number of rotatable bonds is 1. The Morgan fingerprint density at radius 3 is 3.00 bits per heavy atom. The summed E-state index contributed by atoms with van der Waals surface area (Å²) in [7, 11) is 0. The molecule has 1 aromatic heterocycles. The van der Waals surface area contributed by atoms with E-state index in [9.17, 15) is 0 Å². The molecular formula is C10H13N3S2. The molecule has 0 bridgehead atoms. The molecule has 5 heteroatoms. The van der Waals surface area contributed by atoms with Gasteiger partial charge in [-0.05, 0) is 18.6 Å². The summed E-state index contributed by atoms with van der Waals surface area (Å²) >= 11 is 3.84. The molecule has 1 atom stereocenters. The van der Waals surface area contributed by atoms with Crippen molar-refractivity contribution < 1.29 is 0 Å². The first kappa shape index (κ1) is 9.78. The molecule has 1 fully saturated rings. The monoisotopic (exact) mass is 239 g/mol. The van der Waals surface area contributed by atoms with Crippen LogP contribution >= 0.6 is 23.5 Å². The minimum atomic E-state index is 0.489. The number of aromatic nitrogens is 2. The maximum absolute atomic E-state index is 5.97. The van der Waals surface area contributed by atoms with Crippen molar-refractivity contribution in [2.45, 2.75) is 29.6 Å². The largest absolute Gasteiger partial charge is 0.383 e. The number of nitrogens with zero attached hydrogens (tertiary/aromatic N) is 2. The quantitative estimate of drug-likeness (QED) is 0.815. The second-order valence-electron chi connectivity index (χ2n) is 3.89. The van der Waals surface area contributed by atoms with Gasteiger partial charge in [0.2, 0.25) is 0 Å². The third kappa shape index (κ3) is 1.72. The van der Waals surface area contributed by atoms with E-state index in [1.54, 1.807) is 0 Å². The van der Waals surface area contributed by atoms with E-state index in [-0.39, 0.29) is 0 Å². The second-order valence-corrected chi connectivity index (χ2v) is 6.18. The highest BCUT2D eigenvalue weighted by Crippen LogP contribution is 2.40. The van der Waals surface area contributed by atoms with Gasteiger partial charge in [0, 0.05) is 17.1 Å². The summed E-state index contributed by atoms with van der Waals surface area (Å²) in [5, 5.41) is 0.489. The summed E-state index contributed by atoms with van der Waals surface area (Å²) in [4.78, 5) is 9.12. The Kier molecular flexibility index (Phi) is 2.52. The highest BCUT2D eigenvalue weighted by Gasteiger charge is 2.24. The number of nitrogens with two attached hydrogens (primary N) is 1. The zero-order chi connectivity index (χ0) is 10.3. The van der Waals surface area contributed by atoms with Gasteiger partial charge in [-0.15, -0.1) is 0 Å². The normalized spacial score (nSPS) is 24.4. The molecule has 15 heavy (non-hydrogen) atoms. The molecule has 1 saturated heterocycles. The lowest BCUT2D eigenvalue weighted by molar-refractivity contribution is 0.771. The first-order valence-electron chi connectivity index (χ1n) is 5.19. The standard InChI is InChI=1S/C10H13N3S2/c11-9-6-4-14-5-7(6)12-10(13-9)8-2-1-3-15-8/h8H,1-5H2,(H2,11,12,13). The van der Waals surface area contributed by atoms with E-state index in [0.29, 0.717) is 11.1 Å². The van der Waals surface area contributed by atoms with E-state index in [1.807, 2.05) is 23.5 Å². The van der Waals surface area contributed by atoms with Crippen molar-refractivity contribution in [3.05, 3.63) is 17.1 Å². The van der Waals surface area contributed by atoms with Crippen molar-refractivity contribution in [2.75, 3.05) is 11.5 Å². The molecule has 2 aliphatic rings. The maximum atomic E-state index is 5.97. The summed E-state index contributed by atoms with van der Waals surface area (Å²) in [5.74, 6) is 4.91.